The highest BCUT2D eigenvalue weighted by Gasteiger charge is 2.39. The SMILES string of the molecule is COc1cccc(NC2=C(c3ccccc3)C(=O)N(Cc3ccccc3OC)C2=O)c1. The average molecular weight is 414 g/mol. The molecule has 0 fully saturated rings. The molecule has 0 radical (unpaired) electrons. The minimum absolute atomic E-state index is 0.112. The molecule has 0 unspecified atom stereocenters. The highest BCUT2D eigenvalue weighted by molar-refractivity contribution is 6.36. The number of imide groups is 1. The van der Waals surface area contributed by atoms with Gasteiger partial charge < -0.3 is 14.8 Å². The van der Waals surface area contributed by atoms with Crippen LogP contribution in [0.3, 0.4) is 0 Å². The van der Waals surface area contributed by atoms with E-state index < -0.39 is 5.91 Å². The lowest BCUT2D eigenvalue weighted by Crippen LogP contribution is -2.32. The lowest BCUT2D eigenvalue weighted by atomic mass is 10.0. The number of ether oxygens (including phenoxy) is 2. The van der Waals surface area contributed by atoms with Crippen molar-refractivity contribution in [3.05, 3.63) is 95.7 Å². The highest BCUT2D eigenvalue weighted by atomic mass is 16.5. The Hall–Kier alpha value is -4.06. The molecule has 0 aliphatic carbocycles. The van der Waals surface area contributed by atoms with Crippen LogP contribution in [0.15, 0.2) is 84.6 Å². The number of para-hydroxylation sites is 1. The smallest absolute Gasteiger partial charge is 0.278 e. The molecule has 0 aromatic heterocycles. The first-order chi connectivity index (χ1) is 15.1. The third kappa shape index (κ3) is 4.00. The topological polar surface area (TPSA) is 67.9 Å². The van der Waals surface area contributed by atoms with Crippen molar-refractivity contribution in [3.8, 4) is 11.5 Å². The van der Waals surface area contributed by atoms with Gasteiger partial charge in [-0.3, -0.25) is 14.5 Å². The van der Waals surface area contributed by atoms with Gasteiger partial charge in [-0.05, 0) is 23.8 Å². The minimum Gasteiger partial charge on any atom is -0.497 e. The summed E-state index contributed by atoms with van der Waals surface area (Å²) < 4.78 is 10.7. The minimum atomic E-state index is -0.391. The van der Waals surface area contributed by atoms with Crippen molar-refractivity contribution in [1.29, 1.82) is 0 Å². The third-order valence-electron chi connectivity index (χ3n) is 5.09. The Morgan fingerprint density at radius 3 is 2.29 bits per heavy atom. The molecule has 6 nitrogen and oxygen atoms in total. The van der Waals surface area contributed by atoms with Crippen molar-refractivity contribution >= 4 is 23.1 Å². The number of amides is 2. The van der Waals surface area contributed by atoms with Gasteiger partial charge in [0.25, 0.3) is 11.8 Å². The van der Waals surface area contributed by atoms with E-state index in [0.717, 1.165) is 5.56 Å². The monoisotopic (exact) mass is 414 g/mol. The quantitative estimate of drug-likeness (QED) is 0.590. The van der Waals surface area contributed by atoms with Crippen molar-refractivity contribution in [1.82, 2.24) is 4.90 Å². The molecule has 0 atom stereocenters. The molecule has 3 aromatic rings. The molecule has 0 saturated carbocycles. The summed E-state index contributed by atoms with van der Waals surface area (Å²) in [5.41, 5.74) is 2.65. The van der Waals surface area contributed by atoms with Gasteiger partial charge in [0, 0.05) is 17.3 Å². The fraction of sp³-hybridized carbons (Fsp3) is 0.120. The first-order valence-corrected chi connectivity index (χ1v) is 9.81. The summed E-state index contributed by atoms with van der Waals surface area (Å²) in [6, 6.07) is 23.8. The number of rotatable bonds is 7. The number of nitrogens with one attached hydrogen (secondary N) is 1. The van der Waals surface area contributed by atoms with E-state index in [1.807, 2.05) is 66.7 Å². The summed E-state index contributed by atoms with van der Waals surface area (Å²) in [6.07, 6.45) is 0. The van der Waals surface area contributed by atoms with Crippen LogP contribution in [0.2, 0.25) is 0 Å². The Morgan fingerprint density at radius 2 is 1.55 bits per heavy atom. The molecular formula is C25H22N2O4. The van der Waals surface area contributed by atoms with Crippen LogP contribution < -0.4 is 14.8 Å². The van der Waals surface area contributed by atoms with E-state index in [1.165, 1.54) is 4.90 Å². The van der Waals surface area contributed by atoms with E-state index >= 15 is 0 Å². The Labute approximate surface area is 180 Å². The zero-order valence-electron chi connectivity index (χ0n) is 17.3. The van der Waals surface area contributed by atoms with Gasteiger partial charge in [-0.2, -0.15) is 0 Å². The van der Waals surface area contributed by atoms with E-state index in [9.17, 15) is 9.59 Å². The lowest BCUT2D eigenvalue weighted by molar-refractivity contribution is -0.137. The number of benzene rings is 3. The molecule has 2 amide bonds. The maximum absolute atomic E-state index is 13.4. The molecule has 1 heterocycles. The maximum Gasteiger partial charge on any atom is 0.278 e. The molecule has 0 spiro atoms. The van der Waals surface area contributed by atoms with Crippen LogP contribution in [0.4, 0.5) is 5.69 Å². The number of methoxy groups -OCH3 is 2. The summed E-state index contributed by atoms with van der Waals surface area (Å²) in [5, 5.41) is 3.15. The number of nitrogens with zero attached hydrogens (tertiary/aromatic N) is 1. The summed E-state index contributed by atoms with van der Waals surface area (Å²) in [7, 11) is 3.14. The Balaban J connectivity index is 1.73. The number of carbonyl (C=O) groups excluding carboxylic acids is 2. The average Bonchev–Trinajstić information content (AvgIpc) is 3.04. The van der Waals surface area contributed by atoms with Crippen LogP contribution >= 0.6 is 0 Å². The standard InChI is InChI=1S/C25H22N2O4/c1-30-20-13-8-12-19(15-20)26-23-22(17-9-4-3-5-10-17)24(28)27(25(23)29)16-18-11-6-7-14-21(18)31-2/h3-15,26H,16H2,1-2H3. The first-order valence-electron chi connectivity index (χ1n) is 9.81. The highest BCUT2D eigenvalue weighted by Crippen LogP contribution is 2.33. The molecule has 1 aliphatic rings. The lowest BCUT2D eigenvalue weighted by Gasteiger charge is -2.17. The summed E-state index contributed by atoms with van der Waals surface area (Å²) in [6.45, 7) is 0.112. The molecule has 1 aliphatic heterocycles. The normalized spacial score (nSPS) is 13.5. The van der Waals surface area contributed by atoms with E-state index in [0.29, 0.717) is 28.3 Å². The van der Waals surface area contributed by atoms with Gasteiger partial charge in [0.1, 0.15) is 17.2 Å². The van der Waals surface area contributed by atoms with Crippen LogP contribution in [0.5, 0.6) is 11.5 Å². The van der Waals surface area contributed by atoms with Crippen LogP contribution in [0.1, 0.15) is 11.1 Å². The number of hydrogen-bond donors (Lipinski definition) is 1. The van der Waals surface area contributed by atoms with Crippen LogP contribution in [-0.4, -0.2) is 30.9 Å². The molecule has 0 bridgehead atoms. The van der Waals surface area contributed by atoms with Crippen molar-refractivity contribution in [2.75, 3.05) is 19.5 Å². The first kappa shape index (κ1) is 20.2. The Morgan fingerprint density at radius 1 is 0.806 bits per heavy atom. The second kappa shape index (κ2) is 8.75. The number of hydrogen-bond acceptors (Lipinski definition) is 5. The fourth-order valence-electron chi connectivity index (χ4n) is 3.56. The maximum atomic E-state index is 13.4. The van der Waals surface area contributed by atoms with Gasteiger partial charge in [-0.1, -0.05) is 54.6 Å². The number of anilines is 1. The van der Waals surface area contributed by atoms with Crippen LogP contribution in [0, 0.1) is 0 Å². The molecule has 0 saturated heterocycles. The van der Waals surface area contributed by atoms with E-state index in [2.05, 4.69) is 5.32 Å². The van der Waals surface area contributed by atoms with Gasteiger partial charge in [0.15, 0.2) is 0 Å². The van der Waals surface area contributed by atoms with E-state index in [1.54, 1.807) is 26.4 Å². The summed E-state index contributed by atoms with van der Waals surface area (Å²) in [5.74, 6) is 0.526. The van der Waals surface area contributed by atoms with Crippen LogP contribution in [0.25, 0.3) is 5.57 Å². The van der Waals surface area contributed by atoms with Crippen molar-refractivity contribution in [2.24, 2.45) is 0 Å². The molecule has 31 heavy (non-hydrogen) atoms. The molecule has 3 aromatic carbocycles. The second-order valence-corrected chi connectivity index (χ2v) is 6.98. The molecular weight excluding hydrogens is 392 g/mol. The van der Waals surface area contributed by atoms with Crippen LogP contribution in [-0.2, 0) is 16.1 Å². The van der Waals surface area contributed by atoms with Gasteiger partial charge >= 0.3 is 0 Å². The molecule has 1 N–H and O–H groups in total. The largest absolute Gasteiger partial charge is 0.497 e. The van der Waals surface area contributed by atoms with Gasteiger partial charge in [0.2, 0.25) is 0 Å². The van der Waals surface area contributed by atoms with E-state index in [4.69, 9.17) is 9.47 Å². The summed E-state index contributed by atoms with van der Waals surface area (Å²) in [4.78, 5) is 28.0. The molecule has 6 heteroatoms. The molecule has 4 rings (SSSR count). The fourth-order valence-corrected chi connectivity index (χ4v) is 3.56. The van der Waals surface area contributed by atoms with Crippen molar-refractivity contribution in [3.63, 3.8) is 0 Å². The zero-order valence-corrected chi connectivity index (χ0v) is 17.3. The van der Waals surface area contributed by atoms with E-state index in [-0.39, 0.29) is 18.1 Å². The summed E-state index contributed by atoms with van der Waals surface area (Å²) >= 11 is 0. The van der Waals surface area contributed by atoms with Gasteiger partial charge in [-0.15, -0.1) is 0 Å². The Bertz CT molecular complexity index is 1150. The Kier molecular flexibility index (Phi) is 5.71. The van der Waals surface area contributed by atoms with Gasteiger partial charge in [-0.25, -0.2) is 0 Å². The zero-order chi connectivity index (χ0) is 21.8. The van der Waals surface area contributed by atoms with Crippen molar-refractivity contribution in [2.45, 2.75) is 6.54 Å². The van der Waals surface area contributed by atoms with Crippen molar-refractivity contribution < 1.29 is 19.1 Å². The number of carbonyl (C=O) groups is 2. The molecule has 156 valence electrons. The predicted octanol–water partition coefficient (Wildman–Crippen LogP) is 4.10. The van der Waals surface area contributed by atoms with Gasteiger partial charge in [0.05, 0.1) is 26.3 Å². The third-order valence-corrected chi connectivity index (χ3v) is 5.09. The second-order valence-electron chi connectivity index (χ2n) is 6.98. The predicted molar refractivity (Wildman–Crippen MR) is 119 cm³/mol.